The first-order valence-corrected chi connectivity index (χ1v) is 13.2. The van der Waals surface area contributed by atoms with Crippen LogP contribution < -0.4 is 16.0 Å². The molecule has 14 nitrogen and oxygen atoms in total. The van der Waals surface area contributed by atoms with Crippen LogP contribution in [0.2, 0.25) is 0 Å². The summed E-state index contributed by atoms with van der Waals surface area (Å²) >= 11 is 0. The van der Waals surface area contributed by atoms with Crippen LogP contribution in [0.25, 0.3) is 11.1 Å². The third-order valence-corrected chi connectivity index (χ3v) is 5.68. The Bertz CT molecular complexity index is 1310. The molecule has 0 bridgehead atoms. The largest absolute Gasteiger partial charge is 0.496 e. The van der Waals surface area contributed by atoms with Gasteiger partial charge < -0.3 is 39.5 Å². The molecule has 6 N–H and O–H groups in total. The average Bonchev–Trinajstić information content (AvgIpc) is 3.26. The van der Waals surface area contributed by atoms with Gasteiger partial charge in [0.1, 0.15) is 18.0 Å². The molecule has 1 fully saturated rings. The molecule has 0 radical (unpaired) electrons. The van der Waals surface area contributed by atoms with E-state index in [1.54, 1.807) is 25.4 Å². The fourth-order valence-corrected chi connectivity index (χ4v) is 3.97. The number of hydrogen-bond donors (Lipinski definition) is 6. The highest BCUT2D eigenvalue weighted by Gasteiger charge is 2.43. The Morgan fingerprint density at radius 2 is 1.73 bits per heavy atom. The fraction of sp³-hybridized carbons (Fsp3) is 0.348. The van der Waals surface area contributed by atoms with E-state index < -0.39 is 44.5 Å². The van der Waals surface area contributed by atoms with Crippen LogP contribution in [0.3, 0.4) is 0 Å². The van der Waals surface area contributed by atoms with Gasteiger partial charge >= 0.3 is 14.4 Å². The maximum Gasteiger partial charge on any atom is 0.333 e. The molecule has 0 amide bonds. The Hall–Kier alpha value is -2.47. The number of methoxy groups -OCH3 is 1. The zero-order valence-electron chi connectivity index (χ0n) is 21.3. The van der Waals surface area contributed by atoms with Crippen LogP contribution in [0.4, 0.5) is 0 Å². The first-order chi connectivity index (χ1) is 19.4. The molecule has 6 unspecified atom stereocenters. The summed E-state index contributed by atoms with van der Waals surface area (Å²) in [6.45, 7) is -0.350. The zero-order valence-corrected chi connectivity index (χ0v) is 24.5. The van der Waals surface area contributed by atoms with Gasteiger partial charge in [-0.15, -0.1) is 0 Å². The van der Waals surface area contributed by atoms with Crippen molar-refractivity contribution in [3.8, 4) is 16.9 Å². The molecule has 0 saturated carbocycles. The Morgan fingerprint density at radius 1 is 1.07 bits per heavy atom. The van der Waals surface area contributed by atoms with E-state index in [0.717, 1.165) is 20.3 Å². The standard InChI is InChI=1S/C23H25N3O7.HO2P.2H3OP/c1-32-17-5-3-2-4-16(17)14-6-9-24-15(12-14)13-26-19(28)7-10-25(23(26)31)22-21(30)20(29)18(33-22)8-11-27;1-3-2;2*1-2/h2-7,9-10,12,18,20-22,27,29-30H,8,11,13H2,1H3;(H,1,2);2*1H,2H2. The number of hydrogen-bond acceptors (Lipinski definition) is 11. The zero-order chi connectivity index (χ0) is 30.2. The van der Waals surface area contributed by atoms with E-state index in [0.29, 0.717) is 11.4 Å². The van der Waals surface area contributed by atoms with Gasteiger partial charge in [0.25, 0.3) is 5.56 Å². The molecule has 40 heavy (non-hydrogen) atoms. The van der Waals surface area contributed by atoms with E-state index in [2.05, 4.69) is 4.98 Å². The van der Waals surface area contributed by atoms with E-state index in [1.807, 2.05) is 24.3 Å². The normalized spacial score (nSPS) is 19.3. The van der Waals surface area contributed by atoms with Gasteiger partial charge in [0, 0.05) is 30.6 Å². The maximum atomic E-state index is 13.1. The second kappa shape index (κ2) is 18.8. The lowest BCUT2D eigenvalue weighted by molar-refractivity contribution is -0.0458. The molecule has 3 heterocycles. The topological polar surface area (TPSA) is 214 Å². The number of aromatic nitrogens is 3. The molecular weight excluding hydrogens is 587 g/mol. The Kier molecular flexibility index (Phi) is 16.7. The molecule has 4 rings (SSSR count). The summed E-state index contributed by atoms with van der Waals surface area (Å²) in [5.41, 5.74) is 0.870. The molecule has 1 aliphatic heterocycles. The van der Waals surface area contributed by atoms with Crippen LogP contribution in [-0.2, 0) is 15.8 Å². The molecule has 0 spiro atoms. The van der Waals surface area contributed by atoms with E-state index in [1.165, 1.54) is 31.2 Å². The van der Waals surface area contributed by atoms with Gasteiger partial charge in [-0.2, -0.15) is 0 Å². The predicted molar refractivity (Wildman–Crippen MR) is 152 cm³/mol. The van der Waals surface area contributed by atoms with E-state index in [9.17, 15) is 19.8 Å². The first-order valence-electron chi connectivity index (χ1n) is 11.4. The van der Waals surface area contributed by atoms with Crippen LogP contribution in [0, 0.1) is 0 Å². The molecule has 0 aliphatic carbocycles. The van der Waals surface area contributed by atoms with Crippen molar-refractivity contribution in [2.24, 2.45) is 0 Å². The van der Waals surface area contributed by atoms with Crippen LogP contribution in [0.5, 0.6) is 5.75 Å². The summed E-state index contributed by atoms with van der Waals surface area (Å²) in [7, 11) is 3.58. The van der Waals surface area contributed by atoms with Gasteiger partial charge in [0.2, 0.25) is 0 Å². The summed E-state index contributed by atoms with van der Waals surface area (Å²) in [6, 6.07) is 12.2. The third kappa shape index (κ3) is 9.02. The van der Waals surface area contributed by atoms with Gasteiger partial charge in [-0.05, 0) is 49.1 Å². The van der Waals surface area contributed by atoms with Crippen molar-refractivity contribution < 1.29 is 44.0 Å². The molecule has 1 saturated heterocycles. The number of benzene rings is 1. The third-order valence-electron chi connectivity index (χ3n) is 5.68. The smallest absolute Gasteiger partial charge is 0.333 e. The van der Waals surface area contributed by atoms with Gasteiger partial charge in [0.15, 0.2) is 6.23 Å². The highest BCUT2D eigenvalue weighted by Crippen LogP contribution is 2.30. The van der Waals surface area contributed by atoms with Crippen molar-refractivity contribution in [3.05, 3.63) is 81.4 Å². The number of ether oxygens (including phenoxy) is 2. The Labute approximate surface area is 235 Å². The molecule has 6 atom stereocenters. The van der Waals surface area contributed by atoms with Gasteiger partial charge in [-0.3, -0.25) is 18.9 Å². The van der Waals surface area contributed by atoms with Gasteiger partial charge in [-0.25, -0.2) is 9.36 Å². The van der Waals surface area contributed by atoms with Crippen LogP contribution in [0.1, 0.15) is 18.3 Å². The molecule has 1 aliphatic rings. The minimum Gasteiger partial charge on any atom is -0.496 e. The second-order valence-corrected chi connectivity index (χ2v) is 7.97. The highest BCUT2D eigenvalue weighted by atomic mass is 31.1. The summed E-state index contributed by atoms with van der Waals surface area (Å²) in [5.74, 6) is 0.678. The summed E-state index contributed by atoms with van der Waals surface area (Å²) in [4.78, 5) is 50.7. The number of nitrogens with zero attached hydrogens (tertiary/aromatic N) is 3. The van der Waals surface area contributed by atoms with Gasteiger partial charge in [0.05, 0.1) is 25.5 Å². The SMILES string of the molecule is COc1ccccc1-c1ccnc(Cn2c(=O)ccn(C3OC(CCO)C(O)C3O)c2=O)c1.O=PO.OP.OP. The van der Waals surface area contributed by atoms with Crippen molar-refractivity contribution in [1.82, 2.24) is 14.1 Å². The predicted octanol–water partition coefficient (Wildman–Crippen LogP) is -0.147. The highest BCUT2D eigenvalue weighted by molar-refractivity contribution is 7.16. The number of aliphatic hydroxyl groups excluding tert-OH is 3. The van der Waals surface area contributed by atoms with Crippen molar-refractivity contribution in [2.75, 3.05) is 13.7 Å². The number of rotatable bonds is 7. The van der Waals surface area contributed by atoms with Crippen molar-refractivity contribution in [2.45, 2.75) is 37.5 Å². The average molecular weight is 619 g/mol. The maximum absolute atomic E-state index is 13.1. The lowest BCUT2D eigenvalue weighted by atomic mass is 10.0. The van der Waals surface area contributed by atoms with Crippen molar-refractivity contribution in [1.29, 1.82) is 0 Å². The quantitative estimate of drug-likeness (QED) is 0.191. The van der Waals surface area contributed by atoms with E-state index in [-0.39, 0.29) is 19.6 Å². The molecule has 220 valence electrons. The Balaban J connectivity index is 0.00000105. The number of aliphatic hydroxyl groups is 3. The summed E-state index contributed by atoms with van der Waals surface area (Å²) < 4.78 is 21.5. The lowest BCUT2D eigenvalue weighted by Gasteiger charge is -2.18. The Morgan fingerprint density at radius 3 is 2.35 bits per heavy atom. The van der Waals surface area contributed by atoms with Gasteiger partial charge in [-0.1, -0.05) is 18.2 Å². The summed E-state index contributed by atoms with van der Waals surface area (Å²) in [6.07, 6.45) is -1.77. The summed E-state index contributed by atoms with van der Waals surface area (Å²) in [5, 5.41) is 29.7. The molecular formula is C23H32N3O11P3. The number of para-hydroxylation sites is 1. The monoisotopic (exact) mass is 619 g/mol. The van der Waals surface area contributed by atoms with Crippen LogP contribution in [-0.4, -0.2) is 76.1 Å². The van der Waals surface area contributed by atoms with Crippen molar-refractivity contribution >= 4 is 27.6 Å². The lowest BCUT2D eigenvalue weighted by Crippen LogP contribution is -2.43. The minimum absolute atomic E-state index is 0.1000. The molecule has 2 aromatic heterocycles. The van der Waals surface area contributed by atoms with Crippen molar-refractivity contribution in [3.63, 3.8) is 0 Å². The molecule has 1 aromatic carbocycles. The minimum atomic E-state index is -1.39. The first kappa shape index (κ1) is 35.6. The second-order valence-electron chi connectivity index (χ2n) is 7.81. The molecule has 3 aromatic rings. The van der Waals surface area contributed by atoms with E-state index in [4.69, 9.17) is 33.8 Å². The molecule has 17 heteroatoms. The van der Waals surface area contributed by atoms with Crippen LogP contribution >= 0.6 is 27.6 Å². The fourth-order valence-electron chi connectivity index (χ4n) is 3.97. The number of pyridine rings is 1. The van der Waals surface area contributed by atoms with Crippen LogP contribution in [0.15, 0.2) is 64.4 Å². The van der Waals surface area contributed by atoms with E-state index >= 15 is 0 Å².